The number of hydrogen-bond acceptors (Lipinski definition) is 3. The van der Waals surface area contributed by atoms with Crippen LogP contribution in [0.3, 0.4) is 0 Å². The van der Waals surface area contributed by atoms with Gasteiger partial charge < -0.3 is 5.73 Å². The molecule has 1 aromatic rings. The van der Waals surface area contributed by atoms with Gasteiger partial charge in [0.15, 0.2) is 0 Å². The summed E-state index contributed by atoms with van der Waals surface area (Å²) in [5, 5.41) is 0. The summed E-state index contributed by atoms with van der Waals surface area (Å²) in [5.74, 6) is 0.443. The number of sulfonamides is 1. The van der Waals surface area contributed by atoms with Gasteiger partial charge in [-0.3, -0.25) is 4.72 Å². The molecule has 0 amide bonds. The number of nitrogens with one attached hydrogen (secondary N) is 1. The van der Waals surface area contributed by atoms with Crippen LogP contribution in [0.25, 0.3) is 0 Å². The van der Waals surface area contributed by atoms with Crippen LogP contribution in [0, 0.1) is 0 Å². The molecule has 5 heteroatoms. The van der Waals surface area contributed by atoms with Gasteiger partial charge in [0.2, 0.25) is 10.0 Å². The molecule has 1 aromatic carbocycles. The largest absolute Gasteiger partial charge is 0.330 e. The highest BCUT2D eigenvalue weighted by Crippen LogP contribution is 2.19. The highest BCUT2D eigenvalue weighted by Gasteiger charge is 2.10. The van der Waals surface area contributed by atoms with E-state index in [-0.39, 0.29) is 5.75 Å². The van der Waals surface area contributed by atoms with Crippen LogP contribution >= 0.6 is 0 Å². The van der Waals surface area contributed by atoms with E-state index in [1.54, 1.807) is 6.07 Å². The zero-order valence-corrected chi connectivity index (χ0v) is 11.1. The molecule has 0 aliphatic rings. The Kier molecular flexibility index (Phi) is 4.96. The van der Waals surface area contributed by atoms with Crippen LogP contribution in [0.4, 0.5) is 5.69 Å². The lowest BCUT2D eigenvalue weighted by molar-refractivity contribution is 0.598. The molecule has 0 saturated heterocycles. The Morgan fingerprint density at radius 3 is 2.65 bits per heavy atom. The molecule has 0 atom stereocenters. The molecule has 0 aliphatic carbocycles. The first-order valence-electron chi connectivity index (χ1n) is 5.75. The Balaban J connectivity index is 2.78. The molecule has 3 N–H and O–H groups in total. The Bertz CT molecular complexity index is 455. The average molecular weight is 256 g/mol. The molecule has 1 rings (SSSR count). The fourth-order valence-corrected chi connectivity index (χ4v) is 2.60. The van der Waals surface area contributed by atoms with Gasteiger partial charge in [-0.05, 0) is 36.6 Å². The van der Waals surface area contributed by atoms with Crippen LogP contribution in [-0.4, -0.2) is 20.7 Å². The average Bonchev–Trinajstić information content (AvgIpc) is 2.26. The predicted octanol–water partition coefficient (Wildman–Crippen LogP) is 1.90. The summed E-state index contributed by atoms with van der Waals surface area (Å²) in [6.45, 7) is 4.52. The van der Waals surface area contributed by atoms with Crippen LogP contribution in [0.1, 0.15) is 31.7 Å². The fourth-order valence-electron chi connectivity index (χ4n) is 1.47. The summed E-state index contributed by atoms with van der Waals surface area (Å²) in [4.78, 5) is 0. The van der Waals surface area contributed by atoms with E-state index in [9.17, 15) is 8.42 Å². The first-order chi connectivity index (χ1) is 7.94. The van der Waals surface area contributed by atoms with E-state index >= 15 is 0 Å². The van der Waals surface area contributed by atoms with Crippen LogP contribution in [0.15, 0.2) is 24.3 Å². The molecule has 4 nitrogen and oxygen atoms in total. The molecule has 0 heterocycles. The second-order valence-corrected chi connectivity index (χ2v) is 6.19. The van der Waals surface area contributed by atoms with Gasteiger partial charge in [0.25, 0.3) is 0 Å². The Morgan fingerprint density at radius 2 is 2.06 bits per heavy atom. The molecule has 0 fully saturated rings. The number of rotatable bonds is 6. The van der Waals surface area contributed by atoms with Crippen molar-refractivity contribution in [1.82, 2.24) is 0 Å². The van der Waals surface area contributed by atoms with Gasteiger partial charge in [-0.1, -0.05) is 26.0 Å². The fraction of sp³-hybridized carbons (Fsp3) is 0.500. The SMILES string of the molecule is CC(C)c1cccc(NS(=O)(=O)CCCN)c1. The van der Waals surface area contributed by atoms with Crippen molar-refractivity contribution in [1.29, 1.82) is 0 Å². The molecule has 0 radical (unpaired) electrons. The van der Waals surface area contributed by atoms with Gasteiger partial charge in [0.1, 0.15) is 0 Å². The summed E-state index contributed by atoms with van der Waals surface area (Å²) in [7, 11) is -3.27. The van der Waals surface area contributed by atoms with Gasteiger partial charge in [-0.25, -0.2) is 8.42 Å². The molecule has 0 unspecified atom stereocenters. The van der Waals surface area contributed by atoms with Gasteiger partial charge in [-0.15, -0.1) is 0 Å². The lowest BCUT2D eigenvalue weighted by Crippen LogP contribution is -2.19. The third-order valence-electron chi connectivity index (χ3n) is 2.44. The van der Waals surface area contributed by atoms with E-state index in [0.717, 1.165) is 5.56 Å². The maximum Gasteiger partial charge on any atom is 0.232 e. The molecular formula is C12H20N2O2S. The summed E-state index contributed by atoms with van der Waals surface area (Å²) in [5.41, 5.74) is 7.03. The minimum absolute atomic E-state index is 0.0649. The van der Waals surface area contributed by atoms with Crippen molar-refractivity contribution >= 4 is 15.7 Å². The van der Waals surface area contributed by atoms with Gasteiger partial charge in [0, 0.05) is 5.69 Å². The van der Waals surface area contributed by atoms with E-state index in [1.165, 1.54) is 0 Å². The van der Waals surface area contributed by atoms with E-state index in [4.69, 9.17) is 5.73 Å². The van der Waals surface area contributed by atoms with Crippen molar-refractivity contribution in [2.75, 3.05) is 17.0 Å². The molecule has 17 heavy (non-hydrogen) atoms. The topological polar surface area (TPSA) is 72.2 Å². The van der Waals surface area contributed by atoms with Gasteiger partial charge in [0.05, 0.1) is 5.75 Å². The van der Waals surface area contributed by atoms with Crippen molar-refractivity contribution in [3.8, 4) is 0 Å². The van der Waals surface area contributed by atoms with Crippen LogP contribution in [0.5, 0.6) is 0 Å². The van der Waals surface area contributed by atoms with Crippen molar-refractivity contribution in [3.63, 3.8) is 0 Å². The normalized spacial score (nSPS) is 11.8. The first-order valence-corrected chi connectivity index (χ1v) is 7.40. The minimum Gasteiger partial charge on any atom is -0.330 e. The third kappa shape index (κ3) is 4.75. The quantitative estimate of drug-likeness (QED) is 0.816. The number of benzene rings is 1. The van der Waals surface area contributed by atoms with E-state index in [2.05, 4.69) is 18.6 Å². The molecule has 0 saturated carbocycles. The Labute approximate surface area is 103 Å². The molecular weight excluding hydrogens is 236 g/mol. The van der Waals surface area contributed by atoms with E-state index in [0.29, 0.717) is 24.6 Å². The maximum atomic E-state index is 11.7. The smallest absolute Gasteiger partial charge is 0.232 e. The molecule has 0 bridgehead atoms. The van der Waals surface area contributed by atoms with Gasteiger partial charge >= 0.3 is 0 Å². The van der Waals surface area contributed by atoms with E-state index < -0.39 is 10.0 Å². The van der Waals surface area contributed by atoms with Gasteiger partial charge in [-0.2, -0.15) is 0 Å². The van der Waals surface area contributed by atoms with Crippen molar-refractivity contribution in [3.05, 3.63) is 29.8 Å². The van der Waals surface area contributed by atoms with Crippen molar-refractivity contribution in [2.24, 2.45) is 5.73 Å². The number of nitrogens with two attached hydrogens (primary N) is 1. The molecule has 96 valence electrons. The van der Waals surface area contributed by atoms with Crippen LogP contribution in [-0.2, 0) is 10.0 Å². The van der Waals surface area contributed by atoms with Crippen molar-refractivity contribution in [2.45, 2.75) is 26.2 Å². The summed E-state index contributed by atoms with van der Waals surface area (Å²) < 4.78 is 25.9. The van der Waals surface area contributed by atoms with Crippen LogP contribution in [0.2, 0.25) is 0 Å². The van der Waals surface area contributed by atoms with Crippen molar-refractivity contribution < 1.29 is 8.42 Å². The highest BCUT2D eigenvalue weighted by atomic mass is 32.2. The lowest BCUT2D eigenvalue weighted by atomic mass is 10.0. The Hall–Kier alpha value is -1.07. The second kappa shape index (κ2) is 6.02. The molecule has 0 aromatic heterocycles. The second-order valence-electron chi connectivity index (χ2n) is 4.34. The minimum atomic E-state index is -3.27. The maximum absolute atomic E-state index is 11.7. The standard InChI is InChI=1S/C12H20N2O2S/c1-10(2)11-5-3-6-12(9-11)14-17(15,16)8-4-7-13/h3,5-6,9-10,14H,4,7-8,13H2,1-2H3. The molecule has 0 aliphatic heterocycles. The number of anilines is 1. The monoisotopic (exact) mass is 256 g/mol. The predicted molar refractivity (Wildman–Crippen MR) is 71.6 cm³/mol. The Morgan fingerprint density at radius 1 is 1.35 bits per heavy atom. The highest BCUT2D eigenvalue weighted by molar-refractivity contribution is 7.92. The van der Waals surface area contributed by atoms with Crippen LogP contribution < -0.4 is 10.5 Å². The van der Waals surface area contributed by atoms with E-state index in [1.807, 2.05) is 18.2 Å². The lowest BCUT2D eigenvalue weighted by Gasteiger charge is -2.10. The summed E-state index contributed by atoms with van der Waals surface area (Å²) in [6.07, 6.45) is 0.471. The number of hydrogen-bond donors (Lipinski definition) is 2. The summed E-state index contributed by atoms with van der Waals surface area (Å²) in [6, 6.07) is 7.47. The first kappa shape index (κ1) is 14.0. The summed E-state index contributed by atoms with van der Waals surface area (Å²) >= 11 is 0. The molecule has 0 spiro atoms. The zero-order chi connectivity index (χ0) is 12.9. The zero-order valence-electron chi connectivity index (χ0n) is 10.3. The third-order valence-corrected chi connectivity index (χ3v) is 3.82.